The van der Waals surface area contributed by atoms with Crippen LogP contribution in [-0.4, -0.2) is 74.9 Å². The Labute approximate surface area is 123 Å². The second-order valence-corrected chi connectivity index (χ2v) is 6.92. The number of nitrogens with one attached hydrogen (secondary N) is 2. The summed E-state index contributed by atoms with van der Waals surface area (Å²) in [6.07, 6.45) is 4.51. The number of nitrogens with zero attached hydrogens (tertiary/aromatic N) is 2. The molecular formula is C15H31N5. The third-order valence-electron chi connectivity index (χ3n) is 5.60. The highest BCUT2D eigenvalue weighted by Crippen LogP contribution is 2.29. The van der Waals surface area contributed by atoms with Crippen LogP contribution in [-0.2, 0) is 0 Å². The van der Waals surface area contributed by atoms with Crippen LogP contribution in [0, 0.1) is 11.8 Å². The molecule has 116 valence electrons. The van der Waals surface area contributed by atoms with Crippen molar-refractivity contribution in [1.29, 1.82) is 0 Å². The molecule has 0 aromatic carbocycles. The highest BCUT2D eigenvalue weighted by Gasteiger charge is 2.34. The van der Waals surface area contributed by atoms with Gasteiger partial charge in [0, 0.05) is 38.8 Å². The fourth-order valence-corrected chi connectivity index (χ4v) is 4.16. The molecule has 0 saturated carbocycles. The van der Waals surface area contributed by atoms with Crippen LogP contribution >= 0.6 is 0 Å². The van der Waals surface area contributed by atoms with Crippen molar-refractivity contribution in [2.24, 2.45) is 17.6 Å². The number of piperidine rings is 2. The van der Waals surface area contributed by atoms with E-state index in [4.69, 9.17) is 5.73 Å². The van der Waals surface area contributed by atoms with Gasteiger partial charge in [0.2, 0.25) is 0 Å². The van der Waals surface area contributed by atoms with Crippen LogP contribution in [0.3, 0.4) is 0 Å². The average molecular weight is 281 g/mol. The van der Waals surface area contributed by atoms with Crippen LogP contribution in [0.1, 0.15) is 19.3 Å². The summed E-state index contributed by atoms with van der Waals surface area (Å²) < 4.78 is 0. The van der Waals surface area contributed by atoms with Gasteiger partial charge in [-0.3, -0.25) is 4.90 Å². The van der Waals surface area contributed by atoms with Crippen LogP contribution in [0.5, 0.6) is 0 Å². The highest BCUT2D eigenvalue weighted by molar-refractivity contribution is 4.90. The molecular weight excluding hydrogens is 250 g/mol. The molecule has 3 fully saturated rings. The summed E-state index contributed by atoms with van der Waals surface area (Å²) in [5, 5.41) is 7.21. The Morgan fingerprint density at radius 2 is 1.80 bits per heavy atom. The van der Waals surface area contributed by atoms with Crippen LogP contribution < -0.4 is 16.4 Å². The first-order valence-corrected chi connectivity index (χ1v) is 8.36. The first kappa shape index (κ1) is 14.7. The zero-order valence-electron chi connectivity index (χ0n) is 12.9. The minimum Gasteiger partial charge on any atom is -0.326 e. The molecule has 0 radical (unpaired) electrons. The van der Waals surface area contributed by atoms with E-state index in [1.807, 2.05) is 0 Å². The number of rotatable bonds is 2. The summed E-state index contributed by atoms with van der Waals surface area (Å²) in [4.78, 5) is 5.06. The van der Waals surface area contributed by atoms with Crippen molar-refractivity contribution in [1.82, 2.24) is 20.4 Å². The minimum absolute atomic E-state index is 0.357. The quantitative estimate of drug-likeness (QED) is 0.637. The van der Waals surface area contributed by atoms with E-state index in [0.717, 1.165) is 31.5 Å². The molecule has 3 heterocycles. The summed E-state index contributed by atoms with van der Waals surface area (Å²) in [5.41, 5.74) is 6.30. The second-order valence-electron chi connectivity index (χ2n) is 6.92. The number of hydrogen-bond donors (Lipinski definition) is 3. The van der Waals surface area contributed by atoms with Crippen molar-refractivity contribution >= 4 is 0 Å². The number of nitrogens with two attached hydrogens (primary N) is 1. The Kier molecular flexibility index (Phi) is 4.94. The first-order chi connectivity index (χ1) is 9.74. The molecule has 5 heteroatoms. The molecule has 5 nitrogen and oxygen atoms in total. The maximum atomic E-state index is 6.30. The maximum Gasteiger partial charge on any atom is 0.0598 e. The summed E-state index contributed by atoms with van der Waals surface area (Å²) in [7, 11) is 2.22. The number of hydrogen-bond acceptors (Lipinski definition) is 5. The lowest BCUT2D eigenvalue weighted by Gasteiger charge is -2.44. The molecule has 0 spiro atoms. The summed E-state index contributed by atoms with van der Waals surface area (Å²) in [6.45, 7) is 8.16. The number of likely N-dealkylation sites (N-methyl/N-ethyl adjacent to an activating group) is 1. The van der Waals surface area contributed by atoms with E-state index in [1.54, 1.807) is 0 Å². The topological polar surface area (TPSA) is 56.6 Å². The molecule has 0 amide bonds. The van der Waals surface area contributed by atoms with E-state index in [0.29, 0.717) is 12.2 Å². The van der Waals surface area contributed by atoms with Crippen molar-refractivity contribution in [2.75, 3.05) is 52.9 Å². The molecule has 0 aromatic rings. The number of piperazine rings is 1. The van der Waals surface area contributed by atoms with Crippen LogP contribution in [0.4, 0.5) is 0 Å². The van der Waals surface area contributed by atoms with Gasteiger partial charge in [-0.2, -0.15) is 0 Å². The Hall–Kier alpha value is -0.200. The Morgan fingerprint density at radius 1 is 1.00 bits per heavy atom. The summed E-state index contributed by atoms with van der Waals surface area (Å²) in [5.74, 6) is 1.51. The predicted molar refractivity (Wildman–Crippen MR) is 82.5 cm³/mol. The monoisotopic (exact) mass is 281 g/mol. The van der Waals surface area contributed by atoms with Gasteiger partial charge in [-0.05, 0) is 51.2 Å². The van der Waals surface area contributed by atoms with Crippen molar-refractivity contribution in [3.63, 3.8) is 0 Å². The zero-order valence-corrected chi connectivity index (χ0v) is 12.9. The van der Waals surface area contributed by atoms with Gasteiger partial charge in [0.25, 0.3) is 0 Å². The Morgan fingerprint density at radius 3 is 2.45 bits per heavy atom. The normalized spacial score (nSPS) is 41.7. The van der Waals surface area contributed by atoms with E-state index >= 15 is 0 Å². The van der Waals surface area contributed by atoms with Gasteiger partial charge in [0.1, 0.15) is 0 Å². The smallest absolute Gasteiger partial charge is 0.0598 e. The molecule has 0 aliphatic carbocycles. The third-order valence-corrected chi connectivity index (χ3v) is 5.60. The summed E-state index contributed by atoms with van der Waals surface area (Å²) in [6, 6.07) is 0.357. The van der Waals surface area contributed by atoms with Crippen molar-refractivity contribution in [3.05, 3.63) is 0 Å². The van der Waals surface area contributed by atoms with Gasteiger partial charge < -0.3 is 21.3 Å². The van der Waals surface area contributed by atoms with Crippen LogP contribution in [0.15, 0.2) is 0 Å². The van der Waals surface area contributed by atoms with Gasteiger partial charge in [-0.25, -0.2) is 0 Å². The van der Waals surface area contributed by atoms with E-state index in [-0.39, 0.29) is 0 Å². The molecule has 20 heavy (non-hydrogen) atoms. The molecule has 3 aliphatic heterocycles. The first-order valence-electron chi connectivity index (χ1n) is 8.36. The average Bonchev–Trinajstić information content (AvgIpc) is 2.49. The Balaban J connectivity index is 1.47. The lowest BCUT2D eigenvalue weighted by Crippen LogP contribution is -2.58. The molecule has 3 aliphatic rings. The molecule has 0 aromatic heterocycles. The van der Waals surface area contributed by atoms with Crippen LogP contribution in [0.2, 0.25) is 0 Å². The van der Waals surface area contributed by atoms with E-state index in [2.05, 4.69) is 27.5 Å². The van der Waals surface area contributed by atoms with E-state index in [1.165, 1.54) is 45.4 Å². The van der Waals surface area contributed by atoms with E-state index < -0.39 is 0 Å². The zero-order chi connectivity index (χ0) is 13.9. The molecule has 4 N–H and O–H groups in total. The van der Waals surface area contributed by atoms with E-state index in [9.17, 15) is 0 Å². The lowest BCUT2D eigenvalue weighted by atomic mass is 9.77. The van der Waals surface area contributed by atoms with Crippen molar-refractivity contribution < 1.29 is 0 Å². The van der Waals surface area contributed by atoms with Gasteiger partial charge in [-0.1, -0.05) is 0 Å². The molecule has 0 bridgehead atoms. The third kappa shape index (κ3) is 3.34. The largest absolute Gasteiger partial charge is 0.326 e. The van der Waals surface area contributed by atoms with Crippen LogP contribution in [0.25, 0.3) is 0 Å². The maximum absolute atomic E-state index is 6.30. The fourth-order valence-electron chi connectivity index (χ4n) is 4.16. The van der Waals surface area contributed by atoms with Gasteiger partial charge >= 0.3 is 0 Å². The SMILES string of the molecule is CN1CCN(C2CCC(C3CCNCC3N)CN2)CC1. The standard InChI is InChI=1S/C15H31N5/c1-19-6-8-20(9-7-19)15-3-2-12(10-18-15)13-4-5-17-11-14(13)16/h12-15,17-18H,2-11,16H2,1H3. The molecule has 3 rings (SSSR count). The minimum atomic E-state index is 0.357. The van der Waals surface area contributed by atoms with Crippen molar-refractivity contribution in [2.45, 2.75) is 31.5 Å². The van der Waals surface area contributed by atoms with Gasteiger partial charge in [0.05, 0.1) is 6.17 Å². The second kappa shape index (κ2) is 6.71. The summed E-state index contributed by atoms with van der Waals surface area (Å²) >= 11 is 0. The lowest BCUT2D eigenvalue weighted by molar-refractivity contribution is 0.0558. The molecule has 4 unspecified atom stereocenters. The van der Waals surface area contributed by atoms with Gasteiger partial charge in [-0.15, -0.1) is 0 Å². The predicted octanol–water partition coefficient (Wildman–Crippen LogP) is -0.504. The highest BCUT2D eigenvalue weighted by atomic mass is 15.3. The fraction of sp³-hybridized carbons (Fsp3) is 1.00. The molecule has 4 atom stereocenters. The van der Waals surface area contributed by atoms with Gasteiger partial charge in [0.15, 0.2) is 0 Å². The Bertz CT molecular complexity index is 295. The molecule has 3 saturated heterocycles. The van der Waals surface area contributed by atoms with Crippen molar-refractivity contribution in [3.8, 4) is 0 Å².